The van der Waals surface area contributed by atoms with E-state index in [1.807, 2.05) is 17.8 Å². The molecule has 1 radical (unpaired) electrons. The van der Waals surface area contributed by atoms with Crippen molar-refractivity contribution in [3.8, 4) is 0 Å². The van der Waals surface area contributed by atoms with Crippen LogP contribution in [0.15, 0.2) is 23.8 Å². The average Bonchev–Trinajstić information content (AvgIpc) is 3.25. The first-order chi connectivity index (χ1) is 17.3. The van der Waals surface area contributed by atoms with Gasteiger partial charge in [-0.25, -0.2) is 0 Å². The summed E-state index contributed by atoms with van der Waals surface area (Å²) in [5.74, 6) is 1.22. The van der Waals surface area contributed by atoms with E-state index in [-0.39, 0.29) is 40.9 Å². The standard InChI is InChI=1S/C30H47O5S/c1-5-7-19-30(3,4)28(33)18-17-24-26(35-29-16-12-13-20-34-29)22-36-27(24)15-11-9-8-10-14-25(32)23(6-2)21-31/h6,17-18,24,26-27,29H,5,7-16,19-20,22H2,1-4H3/b18-17+,23-6?. The molecule has 0 amide bonds. The minimum Gasteiger partial charge on any atom is -0.353 e. The van der Waals surface area contributed by atoms with Crippen LogP contribution < -0.4 is 0 Å². The molecule has 0 bridgehead atoms. The van der Waals surface area contributed by atoms with Crippen molar-refractivity contribution in [3.63, 3.8) is 0 Å². The maximum atomic E-state index is 13.0. The van der Waals surface area contributed by atoms with Crippen LogP contribution in [0.2, 0.25) is 0 Å². The van der Waals surface area contributed by atoms with Gasteiger partial charge in [0, 0.05) is 35.4 Å². The van der Waals surface area contributed by atoms with Gasteiger partial charge in [0.1, 0.15) is 0 Å². The number of ketones is 2. The molecule has 0 spiro atoms. The largest absolute Gasteiger partial charge is 0.353 e. The first-order valence-corrected chi connectivity index (χ1v) is 15.1. The van der Waals surface area contributed by atoms with Crippen LogP contribution >= 0.6 is 11.8 Å². The number of allylic oxidation sites excluding steroid dienone is 3. The molecule has 0 aromatic rings. The topological polar surface area (TPSA) is 69.7 Å². The lowest BCUT2D eigenvalue weighted by atomic mass is 9.82. The number of carbonyl (C=O) groups excluding carboxylic acids is 3. The Morgan fingerprint density at radius 1 is 1.14 bits per heavy atom. The van der Waals surface area contributed by atoms with Crippen LogP contribution in [0.25, 0.3) is 0 Å². The molecule has 0 aromatic heterocycles. The van der Waals surface area contributed by atoms with Crippen molar-refractivity contribution in [3.05, 3.63) is 23.8 Å². The van der Waals surface area contributed by atoms with Crippen molar-refractivity contribution in [1.29, 1.82) is 0 Å². The van der Waals surface area contributed by atoms with Crippen LogP contribution in [0, 0.1) is 11.3 Å². The van der Waals surface area contributed by atoms with E-state index in [1.165, 1.54) is 6.08 Å². The maximum absolute atomic E-state index is 13.0. The molecule has 2 heterocycles. The average molecular weight is 520 g/mol. The van der Waals surface area contributed by atoms with E-state index in [9.17, 15) is 14.4 Å². The van der Waals surface area contributed by atoms with Crippen molar-refractivity contribution < 1.29 is 23.9 Å². The summed E-state index contributed by atoms with van der Waals surface area (Å²) in [7, 11) is 0. The summed E-state index contributed by atoms with van der Waals surface area (Å²) in [6.07, 6.45) is 18.8. The van der Waals surface area contributed by atoms with E-state index in [4.69, 9.17) is 9.47 Å². The van der Waals surface area contributed by atoms with Gasteiger partial charge >= 0.3 is 0 Å². The molecular formula is C30H47O5S. The van der Waals surface area contributed by atoms with Crippen molar-refractivity contribution >= 4 is 29.6 Å². The van der Waals surface area contributed by atoms with Gasteiger partial charge in [-0.1, -0.05) is 65.0 Å². The number of thioether (sulfide) groups is 1. The molecule has 4 atom stereocenters. The molecule has 2 saturated heterocycles. The van der Waals surface area contributed by atoms with Gasteiger partial charge in [-0.15, -0.1) is 0 Å². The summed E-state index contributed by atoms with van der Waals surface area (Å²) in [5, 5.41) is 0.419. The summed E-state index contributed by atoms with van der Waals surface area (Å²) in [6.45, 7) is 8.72. The van der Waals surface area contributed by atoms with Gasteiger partial charge < -0.3 is 9.47 Å². The second-order valence-corrected chi connectivity index (χ2v) is 12.1. The molecule has 6 heteroatoms. The molecule has 203 valence electrons. The lowest BCUT2D eigenvalue weighted by Gasteiger charge is -2.29. The van der Waals surface area contributed by atoms with Gasteiger partial charge in [0.15, 0.2) is 17.9 Å². The van der Waals surface area contributed by atoms with Gasteiger partial charge in [0.05, 0.1) is 11.7 Å². The van der Waals surface area contributed by atoms with Gasteiger partial charge in [0.2, 0.25) is 6.29 Å². The molecule has 5 nitrogen and oxygen atoms in total. The quantitative estimate of drug-likeness (QED) is 0.0897. The zero-order valence-corrected chi connectivity index (χ0v) is 23.7. The number of carbonyl (C=O) groups is 2. The monoisotopic (exact) mass is 519 g/mol. The molecule has 0 aromatic carbocycles. The second-order valence-electron chi connectivity index (χ2n) is 10.8. The van der Waals surface area contributed by atoms with E-state index in [0.29, 0.717) is 11.7 Å². The molecule has 4 unspecified atom stereocenters. The SMILES string of the molecule is CC=C([C]=O)C(=O)CCCCCCC1SCC(OC2CCCCO2)C1/C=C/C(=O)C(C)(C)CCCC. The minimum atomic E-state index is -0.331. The fraction of sp³-hybridized carbons (Fsp3) is 0.767. The molecular weight excluding hydrogens is 472 g/mol. The third-order valence-corrected chi connectivity index (χ3v) is 8.93. The molecule has 0 saturated carbocycles. The van der Waals surface area contributed by atoms with Gasteiger partial charge in [-0.2, -0.15) is 11.8 Å². The molecule has 36 heavy (non-hydrogen) atoms. The van der Waals surface area contributed by atoms with Crippen LogP contribution in [0.1, 0.15) is 105 Å². The molecule has 2 rings (SSSR count). The number of hydrogen-bond acceptors (Lipinski definition) is 6. The Labute approximate surface area is 223 Å². The Morgan fingerprint density at radius 2 is 1.92 bits per heavy atom. The highest BCUT2D eigenvalue weighted by Gasteiger charge is 2.38. The summed E-state index contributed by atoms with van der Waals surface area (Å²) in [6, 6.07) is 0. The summed E-state index contributed by atoms with van der Waals surface area (Å²) >= 11 is 1.95. The highest BCUT2D eigenvalue weighted by atomic mass is 32.2. The molecule has 2 aliphatic rings. The van der Waals surface area contributed by atoms with Gasteiger partial charge in [-0.05, 0) is 51.5 Å². The number of ether oxygens (including phenoxy) is 2. The Morgan fingerprint density at radius 3 is 2.58 bits per heavy atom. The van der Waals surface area contributed by atoms with Crippen LogP contribution in [0.3, 0.4) is 0 Å². The van der Waals surface area contributed by atoms with Crippen LogP contribution in [0.4, 0.5) is 0 Å². The zero-order chi connectivity index (χ0) is 26.4. The third-order valence-electron chi connectivity index (χ3n) is 7.43. The van der Waals surface area contributed by atoms with Gasteiger partial charge in [0.25, 0.3) is 0 Å². The summed E-state index contributed by atoms with van der Waals surface area (Å²) in [5.41, 5.74) is -0.171. The first kappa shape index (κ1) is 31.0. The summed E-state index contributed by atoms with van der Waals surface area (Å²) < 4.78 is 12.3. The second kappa shape index (κ2) is 16.6. The molecule has 0 N–H and O–H groups in total. The highest BCUT2D eigenvalue weighted by molar-refractivity contribution is 8.00. The Balaban J connectivity index is 1.90. The normalized spacial score (nSPS) is 25.4. The molecule has 2 aliphatic heterocycles. The van der Waals surface area contributed by atoms with Crippen molar-refractivity contribution in [2.75, 3.05) is 12.4 Å². The predicted octanol–water partition coefficient (Wildman–Crippen LogP) is 6.94. The Bertz CT molecular complexity index is 750. The number of rotatable bonds is 17. The van der Waals surface area contributed by atoms with Crippen LogP contribution in [-0.2, 0) is 23.9 Å². The van der Waals surface area contributed by atoms with E-state index >= 15 is 0 Å². The van der Waals surface area contributed by atoms with E-state index in [1.54, 1.807) is 13.2 Å². The van der Waals surface area contributed by atoms with E-state index in [0.717, 1.165) is 83.0 Å². The summed E-state index contributed by atoms with van der Waals surface area (Å²) in [4.78, 5) is 35.7. The number of Topliss-reactive ketones (excluding diaryl/α,β-unsaturated/α-hetero) is 1. The predicted molar refractivity (Wildman–Crippen MR) is 148 cm³/mol. The molecule has 0 aliphatic carbocycles. The van der Waals surface area contributed by atoms with E-state index < -0.39 is 0 Å². The van der Waals surface area contributed by atoms with Crippen LogP contribution in [-0.4, -0.2) is 47.9 Å². The molecule has 2 fully saturated rings. The fourth-order valence-electron chi connectivity index (χ4n) is 4.91. The lowest BCUT2D eigenvalue weighted by molar-refractivity contribution is -0.188. The van der Waals surface area contributed by atoms with E-state index in [2.05, 4.69) is 26.8 Å². The Kier molecular flexibility index (Phi) is 14.3. The first-order valence-electron chi connectivity index (χ1n) is 14.0. The smallest absolute Gasteiger partial charge is 0.236 e. The maximum Gasteiger partial charge on any atom is 0.236 e. The van der Waals surface area contributed by atoms with Crippen molar-refractivity contribution in [2.24, 2.45) is 11.3 Å². The van der Waals surface area contributed by atoms with Crippen LogP contribution in [0.5, 0.6) is 0 Å². The Hall–Kier alpha value is -1.24. The van der Waals surface area contributed by atoms with Crippen molar-refractivity contribution in [2.45, 2.75) is 122 Å². The fourth-order valence-corrected chi connectivity index (χ4v) is 6.47. The van der Waals surface area contributed by atoms with Gasteiger partial charge in [-0.3, -0.25) is 14.4 Å². The number of unbranched alkanes of at least 4 members (excludes halogenated alkanes) is 4. The minimum absolute atomic E-state index is 0.0716. The van der Waals surface area contributed by atoms with Crippen molar-refractivity contribution in [1.82, 2.24) is 0 Å². The zero-order valence-electron chi connectivity index (χ0n) is 22.9. The lowest BCUT2D eigenvalue weighted by Crippen LogP contribution is -2.33. The number of hydrogen-bond donors (Lipinski definition) is 0. The third kappa shape index (κ3) is 10.3. The highest BCUT2D eigenvalue weighted by Crippen LogP contribution is 2.40.